The molecule has 13 heteroatoms. The number of nitrogen functional groups attached to an aromatic ring is 1. The van der Waals surface area contributed by atoms with Gasteiger partial charge in [0.05, 0.1) is 0 Å². The van der Waals surface area contributed by atoms with Gasteiger partial charge in [0, 0.05) is 12.1 Å². The Kier molecular flexibility index (Phi) is 9.32. The third-order valence-corrected chi connectivity index (χ3v) is 6.05. The quantitative estimate of drug-likeness (QED) is 0.124. The lowest BCUT2D eigenvalue weighted by Gasteiger charge is -2.25. The number of imide groups is 1. The summed E-state index contributed by atoms with van der Waals surface area (Å²) in [6.07, 6.45) is -0.903. The van der Waals surface area contributed by atoms with E-state index in [2.05, 4.69) is 16.0 Å². The molecule has 2 aromatic rings. The van der Waals surface area contributed by atoms with E-state index in [1.165, 1.54) is 6.92 Å². The molecular formula is C28H34N6O7. The summed E-state index contributed by atoms with van der Waals surface area (Å²) in [4.78, 5) is 64.4. The molecule has 1 aliphatic heterocycles. The van der Waals surface area contributed by atoms with Crippen LogP contribution in [0.4, 0.5) is 9.59 Å². The molecular weight excluding hydrogens is 532 g/mol. The van der Waals surface area contributed by atoms with Crippen molar-refractivity contribution in [3.05, 3.63) is 71.3 Å². The van der Waals surface area contributed by atoms with Crippen molar-refractivity contribution in [1.82, 2.24) is 20.9 Å². The number of hydrogen-bond acceptors (Lipinski definition) is 8. The molecule has 0 bridgehead atoms. The zero-order valence-corrected chi connectivity index (χ0v) is 23.3. The second-order valence-electron chi connectivity index (χ2n) is 10.5. The van der Waals surface area contributed by atoms with Crippen LogP contribution in [0.3, 0.4) is 0 Å². The van der Waals surface area contributed by atoms with E-state index < -0.39 is 53.6 Å². The van der Waals surface area contributed by atoms with Gasteiger partial charge in [0.25, 0.3) is 5.91 Å². The zero-order valence-electron chi connectivity index (χ0n) is 23.3. The van der Waals surface area contributed by atoms with E-state index >= 15 is 0 Å². The topological polar surface area (TPSA) is 193 Å². The van der Waals surface area contributed by atoms with Crippen molar-refractivity contribution in [2.24, 2.45) is 5.73 Å². The van der Waals surface area contributed by atoms with Gasteiger partial charge in [0.2, 0.25) is 5.91 Å². The second-order valence-corrected chi connectivity index (χ2v) is 10.5. The Balaban J connectivity index is 1.63. The number of nitrogens with two attached hydrogens (primary N) is 1. The number of ether oxygens (including phenoxy) is 2. The van der Waals surface area contributed by atoms with Gasteiger partial charge in [-0.2, -0.15) is 0 Å². The number of nitrogens with one attached hydrogen (secondary N) is 4. The summed E-state index contributed by atoms with van der Waals surface area (Å²) in [6.45, 7) is 5.39. The SMILES string of the molecule is CC(C)(C)OC(=O)[C@H](CNC(=O)CN1C(=O)NC(C)(c2ccc(C(=N)N)cc2)C1=O)NC(=O)OCc1ccccc1. The molecule has 0 radical (unpaired) electrons. The third-order valence-electron chi connectivity index (χ3n) is 6.05. The summed E-state index contributed by atoms with van der Waals surface area (Å²) in [5, 5.41) is 14.9. The summed E-state index contributed by atoms with van der Waals surface area (Å²) in [7, 11) is 0. The van der Waals surface area contributed by atoms with E-state index in [1.54, 1.807) is 69.3 Å². The van der Waals surface area contributed by atoms with Gasteiger partial charge in [0.1, 0.15) is 36.2 Å². The maximum atomic E-state index is 13.2. The smallest absolute Gasteiger partial charge is 0.408 e. The Morgan fingerprint density at radius 1 is 1.07 bits per heavy atom. The molecule has 13 nitrogen and oxygen atoms in total. The van der Waals surface area contributed by atoms with Crippen molar-refractivity contribution >= 4 is 35.7 Å². The molecule has 2 atom stereocenters. The van der Waals surface area contributed by atoms with Gasteiger partial charge in [-0.25, -0.2) is 14.4 Å². The number of esters is 1. The minimum atomic E-state index is -1.45. The fourth-order valence-corrected chi connectivity index (χ4v) is 3.91. The first-order chi connectivity index (χ1) is 19.2. The number of nitrogens with zero attached hydrogens (tertiary/aromatic N) is 1. The number of alkyl carbamates (subject to hydrolysis) is 1. The monoisotopic (exact) mass is 566 g/mol. The van der Waals surface area contributed by atoms with E-state index in [0.29, 0.717) is 11.1 Å². The number of amides is 5. The number of carbonyl (C=O) groups excluding carboxylic acids is 5. The Morgan fingerprint density at radius 2 is 1.71 bits per heavy atom. The van der Waals surface area contributed by atoms with Crippen LogP contribution in [0.1, 0.15) is 44.4 Å². The number of benzene rings is 2. The van der Waals surface area contributed by atoms with Crippen LogP contribution >= 0.6 is 0 Å². The first-order valence-electron chi connectivity index (χ1n) is 12.8. The molecule has 0 aliphatic carbocycles. The van der Waals surface area contributed by atoms with Crippen LogP contribution in [-0.4, -0.2) is 65.4 Å². The lowest BCUT2D eigenvalue weighted by molar-refractivity contribution is -0.157. The van der Waals surface area contributed by atoms with Gasteiger partial charge in [-0.1, -0.05) is 54.6 Å². The molecule has 3 rings (SSSR count). The van der Waals surface area contributed by atoms with E-state index in [-0.39, 0.29) is 19.0 Å². The maximum Gasteiger partial charge on any atom is 0.408 e. The molecule has 1 unspecified atom stereocenters. The highest BCUT2D eigenvalue weighted by Gasteiger charge is 2.49. The Bertz CT molecular complexity index is 1320. The minimum Gasteiger partial charge on any atom is -0.458 e. The predicted octanol–water partition coefficient (Wildman–Crippen LogP) is 1.49. The van der Waals surface area contributed by atoms with Crippen molar-refractivity contribution in [2.75, 3.05) is 13.1 Å². The fraction of sp³-hybridized carbons (Fsp3) is 0.357. The molecule has 1 heterocycles. The van der Waals surface area contributed by atoms with E-state index in [9.17, 15) is 24.0 Å². The summed E-state index contributed by atoms with van der Waals surface area (Å²) in [6, 6.07) is 13.0. The average molecular weight is 567 g/mol. The van der Waals surface area contributed by atoms with Crippen molar-refractivity contribution in [2.45, 2.75) is 51.5 Å². The summed E-state index contributed by atoms with van der Waals surface area (Å²) < 4.78 is 10.5. The molecule has 6 N–H and O–H groups in total. The highest BCUT2D eigenvalue weighted by atomic mass is 16.6. The molecule has 5 amide bonds. The van der Waals surface area contributed by atoms with Crippen LogP contribution in [0.5, 0.6) is 0 Å². The standard InChI is InChI=1S/C28H34N6O7/c1-27(2,3)41-23(36)20(32-26(39)40-16-17-8-6-5-7-9-17)14-31-21(35)15-34-24(37)28(4,33-25(34)38)19-12-10-18(11-13-19)22(29)30/h5-13,20H,14-16H2,1-4H3,(H3,29,30)(H,31,35)(H,32,39)(H,33,38)/t20-,28?/m0/s1. The van der Waals surface area contributed by atoms with Gasteiger partial charge < -0.3 is 31.2 Å². The number of amidine groups is 1. The molecule has 41 heavy (non-hydrogen) atoms. The van der Waals surface area contributed by atoms with E-state index in [1.807, 2.05) is 6.07 Å². The van der Waals surface area contributed by atoms with Crippen LogP contribution < -0.4 is 21.7 Å². The van der Waals surface area contributed by atoms with Gasteiger partial charge in [-0.05, 0) is 38.8 Å². The number of urea groups is 1. The van der Waals surface area contributed by atoms with E-state index in [0.717, 1.165) is 10.5 Å². The van der Waals surface area contributed by atoms with Crippen molar-refractivity contribution < 1.29 is 33.4 Å². The molecule has 0 saturated carbocycles. The molecule has 1 saturated heterocycles. The summed E-state index contributed by atoms with van der Waals surface area (Å²) in [5.74, 6) is -2.38. The normalized spacial score (nSPS) is 17.3. The molecule has 0 aromatic heterocycles. The van der Waals surface area contributed by atoms with Crippen LogP contribution in [0, 0.1) is 5.41 Å². The Labute approximate surface area is 237 Å². The van der Waals surface area contributed by atoms with Crippen LogP contribution in [0.2, 0.25) is 0 Å². The molecule has 1 fully saturated rings. The van der Waals surface area contributed by atoms with Crippen LogP contribution in [-0.2, 0) is 36.0 Å². The van der Waals surface area contributed by atoms with Crippen LogP contribution in [0.15, 0.2) is 54.6 Å². The summed E-state index contributed by atoms with van der Waals surface area (Å²) in [5.41, 5.74) is 4.77. The third kappa shape index (κ3) is 8.03. The minimum absolute atomic E-state index is 0.0392. The number of rotatable bonds is 10. The first-order valence-corrected chi connectivity index (χ1v) is 12.8. The highest BCUT2D eigenvalue weighted by molar-refractivity contribution is 6.09. The van der Waals surface area contributed by atoms with Gasteiger partial charge in [-0.3, -0.25) is 19.9 Å². The van der Waals surface area contributed by atoms with Crippen molar-refractivity contribution in [1.29, 1.82) is 5.41 Å². The highest BCUT2D eigenvalue weighted by Crippen LogP contribution is 2.29. The average Bonchev–Trinajstić information content (AvgIpc) is 3.13. The van der Waals surface area contributed by atoms with Crippen LogP contribution in [0.25, 0.3) is 0 Å². The Hall–Kier alpha value is -4.94. The van der Waals surface area contributed by atoms with Crippen molar-refractivity contribution in [3.63, 3.8) is 0 Å². The predicted molar refractivity (Wildman–Crippen MR) is 147 cm³/mol. The van der Waals surface area contributed by atoms with Crippen molar-refractivity contribution in [3.8, 4) is 0 Å². The summed E-state index contributed by atoms with van der Waals surface area (Å²) >= 11 is 0. The number of carbonyl (C=O) groups is 5. The largest absolute Gasteiger partial charge is 0.458 e. The fourth-order valence-electron chi connectivity index (χ4n) is 3.91. The van der Waals surface area contributed by atoms with Gasteiger partial charge in [-0.15, -0.1) is 0 Å². The molecule has 2 aromatic carbocycles. The van der Waals surface area contributed by atoms with E-state index in [4.69, 9.17) is 20.6 Å². The maximum absolute atomic E-state index is 13.2. The lowest BCUT2D eigenvalue weighted by atomic mass is 9.91. The zero-order chi connectivity index (χ0) is 30.4. The molecule has 0 spiro atoms. The van der Waals surface area contributed by atoms with Gasteiger partial charge >= 0.3 is 18.1 Å². The molecule has 1 aliphatic rings. The molecule has 218 valence electrons. The Morgan fingerprint density at radius 3 is 2.29 bits per heavy atom. The first kappa shape index (κ1) is 30.6. The number of hydrogen-bond donors (Lipinski definition) is 5. The lowest BCUT2D eigenvalue weighted by Crippen LogP contribution is -2.52. The second kappa shape index (κ2) is 12.5. The van der Waals surface area contributed by atoms with Gasteiger partial charge in [0.15, 0.2) is 0 Å².